The third-order valence-corrected chi connectivity index (χ3v) is 1.02. The molecule has 0 amide bonds. The Bertz CT molecular complexity index is 28.7. The summed E-state index contributed by atoms with van der Waals surface area (Å²) in [5.74, 6) is 0. The average molecular weight is 152 g/mol. The van der Waals surface area contributed by atoms with Crippen molar-refractivity contribution in [1.82, 2.24) is 0 Å². The van der Waals surface area contributed by atoms with Crippen molar-refractivity contribution < 1.29 is 0 Å². The SMILES string of the molecule is CCC[C@@H](N)Br. The van der Waals surface area contributed by atoms with Crippen molar-refractivity contribution in [2.45, 2.75) is 24.7 Å². The first-order valence-corrected chi connectivity index (χ1v) is 3.08. The molecule has 0 saturated heterocycles. The van der Waals surface area contributed by atoms with E-state index in [-0.39, 0.29) is 4.95 Å². The fourth-order valence-electron chi connectivity index (χ4n) is 0.276. The number of rotatable bonds is 2. The molecule has 0 heterocycles. The van der Waals surface area contributed by atoms with E-state index >= 15 is 0 Å². The van der Waals surface area contributed by atoms with Crippen LogP contribution < -0.4 is 5.73 Å². The lowest BCUT2D eigenvalue weighted by atomic mass is 10.3. The molecule has 0 saturated carbocycles. The van der Waals surface area contributed by atoms with Crippen LogP contribution in [0.2, 0.25) is 0 Å². The molecule has 2 heteroatoms. The third kappa shape index (κ3) is 4.44. The molecule has 0 aliphatic heterocycles. The van der Waals surface area contributed by atoms with E-state index in [4.69, 9.17) is 5.73 Å². The first-order valence-electron chi connectivity index (χ1n) is 2.17. The van der Waals surface area contributed by atoms with Crippen molar-refractivity contribution in [3.8, 4) is 0 Å². The average Bonchev–Trinajstić information content (AvgIpc) is 1.35. The molecule has 0 aliphatic rings. The van der Waals surface area contributed by atoms with Gasteiger partial charge < -0.3 is 5.73 Å². The summed E-state index contributed by atoms with van der Waals surface area (Å²) in [6.07, 6.45) is 2.23. The van der Waals surface area contributed by atoms with Crippen LogP contribution in [-0.4, -0.2) is 4.95 Å². The van der Waals surface area contributed by atoms with E-state index in [1.54, 1.807) is 0 Å². The molecular weight excluding hydrogens is 142 g/mol. The predicted molar refractivity (Wildman–Crippen MR) is 31.8 cm³/mol. The molecule has 0 rings (SSSR count). The van der Waals surface area contributed by atoms with Gasteiger partial charge in [-0.25, -0.2) is 0 Å². The van der Waals surface area contributed by atoms with Crippen LogP contribution in [0.3, 0.4) is 0 Å². The largest absolute Gasteiger partial charge is 0.319 e. The molecule has 38 valence electrons. The van der Waals surface area contributed by atoms with E-state index in [1.807, 2.05) is 0 Å². The molecule has 6 heavy (non-hydrogen) atoms. The summed E-state index contributed by atoms with van der Waals surface area (Å²) in [6, 6.07) is 0. The minimum atomic E-state index is 0.211. The van der Waals surface area contributed by atoms with E-state index in [9.17, 15) is 0 Å². The van der Waals surface area contributed by atoms with Gasteiger partial charge in [0, 0.05) is 0 Å². The van der Waals surface area contributed by atoms with Crippen LogP contribution >= 0.6 is 15.9 Å². The molecule has 0 unspecified atom stereocenters. The second-order valence-electron chi connectivity index (χ2n) is 1.30. The Morgan fingerprint density at radius 3 is 2.33 bits per heavy atom. The van der Waals surface area contributed by atoms with Gasteiger partial charge in [0.2, 0.25) is 0 Å². The van der Waals surface area contributed by atoms with Crippen molar-refractivity contribution in [3.63, 3.8) is 0 Å². The second-order valence-corrected chi connectivity index (χ2v) is 2.48. The van der Waals surface area contributed by atoms with Gasteiger partial charge >= 0.3 is 0 Å². The molecule has 0 aromatic heterocycles. The summed E-state index contributed by atoms with van der Waals surface area (Å²) in [4.78, 5) is 0.211. The molecule has 0 aromatic rings. The fourth-order valence-corrected chi connectivity index (χ4v) is 0.734. The molecule has 2 N–H and O–H groups in total. The minimum Gasteiger partial charge on any atom is -0.319 e. The monoisotopic (exact) mass is 151 g/mol. The quantitative estimate of drug-likeness (QED) is 0.470. The molecular formula is C4H10BrN. The summed E-state index contributed by atoms with van der Waals surface area (Å²) in [6.45, 7) is 2.11. The van der Waals surface area contributed by atoms with Crippen LogP contribution in [0.1, 0.15) is 19.8 Å². The Labute approximate surface area is 47.0 Å². The maximum atomic E-state index is 5.32. The summed E-state index contributed by atoms with van der Waals surface area (Å²) in [7, 11) is 0. The highest BCUT2D eigenvalue weighted by molar-refractivity contribution is 9.09. The lowest BCUT2D eigenvalue weighted by molar-refractivity contribution is 0.775. The number of hydrogen-bond acceptors (Lipinski definition) is 1. The van der Waals surface area contributed by atoms with Crippen molar-refractivity contribution in [2.24, 2.45) is 5.73 Å². The predicted octanol–water partition coefficient (Wildman–Crippen LogP) is 1.47. The minimum absolute atomic E-state index is 0.211. The highest BCUT2D eigenvalue weighted by Crippen LogP contribution is 1.97. The molecule has 0 spiro atoms. The van der Waals surface area contributed by atoms with Gasteiger partial charge in [-0.05, 0) is 6.42 Å². The molecule has 0 aromatic carbocycles. The van der Waals surface area contributed by atoms with Crippen LogP contribution in [0, 0.1) is 0 Å². The van der Waals surface area contributed by atoms with Gasteiger partial charge in [0.05, 0.1) is 4.95 Å². The zero-order valence-corrected chi connectivity index (χ0v) is 5.53. The van der Waals surface area contributed by atoms with Crippen molar-refractivity contribution in [3.05, 3.63) is 0 Å². The van der Waals surface area contributed by atoms with Gasteiger partial charge in [0.1, 0.15) is 0 Å². The fraction of sp³-hybridized carbons (Fsp3) is 1.00. The van der Waals surface area contributed by atoms with Crippen molar-refractivity contribution in [1.29, 1.82) is 0 Å². The zero-order chi connectivity index (χ0) is 4.99. The summed E-state index contributed by atoms with van der Waals surface area (Å²) in [5.41, 5.74) is 5.32. The van der Waals surface area contributed by atoms with Gasteiger partial charge in [0.15, 0.2) is 0 Å². The lowest BCUT2D eigenvalue weighted by Gasteiger charge is -1.94. The first kappa shape index (κ1) is 6.44. The van der Waals surface area contributed by atoms with E-state index in [1.165, 1.54) is 0 Å². The third-order valence-electron chi connectivity index (χ3n) is 0.564. The Morgan fingerprint density at radius 1 is 1.83 bits per heavy atom. The number of nitrogens with two attached hydrogens (primary N) is 1. The Kier molecular flexibility index (Phi) is 3.89. The smallest absolute Gasteiger partial charge is 0.0605 e. The van der Waals surface area contributed by atoms with E-state index in [2.05, 4.69) is 22.9 Å². The number of halogens is 1. The van der Waals surface area contributed by atoms with Gasteiger partial charge in [-0.1, -0.05) is 29.3 Å². The van der Waals surface area contributed by atoms with Crippen molar-refractivity contribution >= 4 is 15.9 Å². The van der Waals surface area contributed by atoms with Crippen LogP contribution in [0.4, 0.5) is 0 Å². The molecule has 0 fully saturated rings. The van der Waals surface area contributed by atoms with E-state index < -0.39 is 0 Å². The normalized spacial score (nSPS) is 14.5. The van der Waals surface area contributed by atoms with Crippen molar-refractivity contribution in [2.75, 3.05) is 0 Å². The zero-order valence-electron chi connectivity index (χ0n) is 3.95. The molecule has 0 radical (unpaired) electrons. The highest BCUT2D eigenvalue weighted by Gasteiger charge is 1.87. The molecule has 1 atom stereocenters. The second kappa shape index (κ2) is 3.62. The molecule has 1 nitrogen and oxygen atoms in total. The van der Waals surface area contributed by atoms with Crippen LogP contribution in [0.15, 0.2) is 0 Å². The van der Waals surface area contributed by atoms with Crippen LogP contribution in [0.25, 0.3) is 0 Å². The standard InChI is InChI=1S/C4H10BrN/c1-2-3-4(5)6/h4H,2-3,6H2,1H3/t4-/m1/s1. The lowest BCUT2D eigenvalue weighted by Crippen LogP contribution is -2.08. The Hall–Kier alpha value is 0.440. The summed E-state index contributed by atoms with van der Waals surface area (Å²) >= 11 is 3.21. The maximum absolute atomic E-state index is 5.32. The topological polar surface area (TPSA) is 26.0 Å². The van der Waals surface area contributed by atoms with Gasteiger partial charge in [-0.15, -0.1) is 0 Å². The van der Waals surface area contributed by atoms with Gasteiger partial charge in [0.25, 0.3) is 0 Å². The maximum Gasteiger partial charge on any atom is 0.0605 e. The summed E-state index contributed by atoms with van der Waals surface area (Å²) in [5, 5.41) is 0. The first-order chi connectivity index (χ1) is 2.77. The van der Waals surface area contributed by atoms with E-state index in [0.717, 1.165) is 12.8 Å². The Balaban J connectivity index is 2.63. The summed E-state index contributed by atoms with van der Waals surface area (Å²) < 4.78 is 0. The molecule has 0 bridgehead atoms. The highest BCUT2D eigenvalue weighted by atomic mass is 79.9. The number of alkyl halides is 1. The van der Waals surface area contributed by atoms with E-state index in [0.29, 0.717) is 0 Å². The van der Waals surface area contributed by atoms with Gasteiger partial charge in [-0.2, -0.15) is 0 Å². The Morgan fingerprint density at radius 2 is 2.33 bits per heavy atom. The van der Waals surface area contributed by atoms with Crippen LogP contribution in [0.5, 0.6) is 0 Å². The number of hydrogen-bond donors (Lipinski definition) is 1. The van der Waals surface area contributed by atoms with Crippen LogP contribution in [-0.2, 0) is 0 Å². The molecule has 0 aliphatic carbocycles. The van der Waals surface area contributed by atoms with Gasteiger partial charge in [-0.3, -0.25) is 0 Å².